The minimum atomic E-state index is -2.69. The van der Waals surface area contributed by atoms with Gasteiger partial charge in [-0.2, -0.15) is 0 Å². The number of carboxylic acid groups (broad SMARTS) is 3. The summed E-state index contributed by atoms with van der Waals surface area (Å²) in [5.41, 5.74) is 1.11. The van der Waals surface area contributed by atoms with Crippen LogP contribution in [0.2, 0.25) is 0 Å². The SMILES string of the molecule is CC[C@]1(O)C[C@H]2CN(CCc3c([nH]c4ccccc34)[C@@](C(=O)OC)(c3cc4c(cc3OC)N(C)[C@H]3[C@@](O)(C(=O)NNC(=O)OCCSSC[C@H](NC(=O)[C@H](Cc5cn(CCOC6OC(C(=O)O)C(O)[C@H](O)[C@@H]6O)nn5)NC(=O)[C@H](CC(=O)O)NC)C(=O)O)[C@H](O)[C@]5(CC)C=CCN6CC[C@]43[C@@H]65)C2)C1. The number of hydrogen-bond acceptors (Lipinski definition) is 27. The summed E-state index contributed by atoms with van der Waals surface area (Å²) in [5, 5.41) is 115. The first-order valence-electron chi connectivity index (χ1n) is 34.1. The molecule has 6 aliphatic heterocycles. The molecule has 1 saturated carbocycles. The van der Waals surface area contributed by atoms with Gasteiger partial charge < -0.3 is 95.5 Å². The van der Waals surface area contributed by atoms with Crippen molar-refractivity contribution in [1.29, 1.82) is 0 Å². The molecule has 2 aromatic heterocycles. The molecule has 3 saturated heterocycles. The zero-order valence-electron chi connectivity index (χ0n) is 57.7. The number of piperidine rings is 1. The fourth-order valence-corrected chi connectivity index (χ4v) is 19.2. The zero-order valence-corrected chi connectivity index (χ0v) is 59.3. The number of nitrogens with zero attached hydrogens (tertiary/aromatic N) is 6. The summed E-state index contributed by atoms with van der Waals surface area (Å²) < 4.78 is 29.5. The number of aliphatic hydroxyl groups excluding tert-OH is 4. The molecule has 34 nitrogen and oxygen atoms in total. The Labute approximate surface area is 599 Å². The van der Waals surface area contributed by atoms with Crippen molar-refractivity contribution in [2.75, 3.05) is 90.7 Å². The fraction of sp³-hybridized carbons (Fsp3) is 0.612. The van der Waals surface area contributed by atoms with E-state index in [1.807, 2.05) is 62.4 Å². The molecule has 2 aromatic carbocycles. The lowest BCUT2D eigenvalue weighted by atomic mass is 9.47. The van der Waals surface area contributed by atoms with Crippen molar-refractivity contribution in [2.45, 2.75) is 161 Å². The second-order valence-electron chi connectivity index (χ2n) is 27.6. The summed E-state index contributed by atoms with van der Waals surface area (Å²) in [5.74, 6) is -8.21. The van der Waals surface area contributed by atoms with Gasteiger partial charge in [0.25, 0.3) is 5.91 Å². The number of para-hydroxylation sites is 1. The highest BCUT2D eigenvalue weighted by molar-refractivity contribution is 8.76. The number of aliphatic carboxylic acids is 3. The molecule has 4 fully saturated rings. The quantitative estimate of drug-likeness (QED) is 0.0103. The van der Waals surface area contributed by atoms with Crippen LogP contribution in [0.25, 0.3) is 10.9 Å². The number of benzene rings is 2. The highest BCUT2D eigenvalue weighted by Crippen LogP contribution is 2.68. The number of likely N-dealkylation sites (N-methyl/N-ethyl adjacent to an activating group) is 2. The van der Waals surface area contributed by atoms with Gasteiger partial charge in [-0.3, -0.25) is 39.2 Å². The monoisotopic (exact) mass is 1480 g/mol. The molecule has 0 radical (unpaired) electrons. The Morgan fingerprint density at radius 3 is 2.31 bits per heavy atom. The number of fused-ring (bicyclic) bond motifs is 6. The Morgan fingerprint density at radius 1 is 0.864 bits per heavy atom. The number of rotatable bonds is 27. The number of ether oxygens (including phenoxy) is 5. The van der Waals surface area contributed by atoms with E-state index in [0.717, 1.165) is 38.1 Å². The number of aromatic nitrogens is 4. The molecule has 1 spiro atoms. The van der Waals surface area contributed by atoms with E-state index in [4.69, 9.17) is 23.7 Å². The third kappa shape index (κ3) is 14.0. The molecule has 4 aromatic rings. The number of anilines is 1. The van der Waals surface area contributed by atoms with Gasteiger partial charge in [-0.15, -0.1) is 5.10 Å². The number of H-pyrrole nitrogens is 1. The summed E-state index contributed by atoms with van der Waals surface area (Å²) in [7, 11) is 7.95. The van der Waals surface area contributed by atoms with Crippen LogP contribution in [0.15, 0.2) is 54.7 Å². The topological polar surface area (TPSA) is 481 Å². The Bertz CT molecular complexity index is 3900. The average molecular weight is 1480 g/mol. The second-order valence-corrected chi connectivity index (χ2v) is 30.3. The summed E-state index contributed by atoms with van der Waals surface area (Å²) >= 11 is 0. The molecule has 15 N–H and O–H groups in total. The highest BCUT2D eigenvalue weighted by Gasteiger charge is 2.79. The van der Waals surface area contributed by atoms with Gasteiger partial charge in [0.05, 0.1) is 57.2 Å². The molecule has 1 aliphatic carbocycles. The molecule has 103 heavy (non-hydrogen) atoms. The highest BCUT2D eigenvalue weighted by atomic mass is 33.1. The maximum absolute atomic E-state index is 15.6. The van der Waals surface area contributed by atoms with Crippen LogP contribution in [0.3, 0.4) is 0 Å². The number of hydrogen-bond donors (Lipinski definition) is 15. The van der Waals surface area contributed by atoms with E-state index >= 15 is 9.59 Å². The van der Waals surface area contributed by atoms with Gasteiger partial charge in [0, 0.05) is 108 Å². The predicted molar refractivity (Wildman–Crippen MR) is 367 cm³/mol. The van der Waals surface area contributed by atoms with Crippen molar-refractivity contribution in [2.24, 2.45) is 11.3 Å². The Kier molecular flexibility index (Phi) is 22.8. The largest absolute Gasteiger partial charge is 0.496 e. The molecule has 4 amide bonds. The maximum atomic E-state index is 15.6. The van der Waals surface area contributed by atoms with E-state index in [1.54, 1.807) is 11.9 Å². The number of methoxy groups -OCH3 is 2. The first-order chi connectivity index (χ1) is 49.1. The zero-order chi connectivity index (χ0) is 74.3. The lowest BCUT2D eigenvalue weighted by molar-refractivity contribution is -0.294. The van der Waals surface area contributed by atoms with Crippen LogP contribution in [0.5, 0.6) is 5.75 Å². The minimum absolute atomic E-state index is 0.0345. The van der Waals surface area contributed by atoms with Crippen molar-refractivity contribution < 1.29 is 108 Å². The van der Waals surface area contributed by atoms with Crippen molar-refractivity contribution in [1.82, 2.24) is 56.6 Å². The first kappa shape index (κ1) is 76.4. The molecule has 11 rings (SSSR count). The van der Waals surface area contributed by atoms with Crippen molar-refractivity contribution >= 4 is 85.9 Å². The van der Waals surface area contributed by atoms with Gasteiger partial charge in [0.1, 0.15) is 54.3 Å². The third-order valence-corrected chi connectivity index (χ3v) is 24.3. The van der Waals surface area contributed by atoms with Crippen LogP contribution >= 0.6 is 21.6 Å². The van der Waals surface area contributed by atoms with Crippen molar-refractivity contribution in [3.63, 3.8) is 0 Å². The van der Waals surface area contributed by atoms with E-state index in [2.05, 4.69) is 51.9 Å². The van der Waals surface area contributed by atoms with E-state index in [0.29, 0.717) is 86.7 Å². The van der Waals surface area contributed by atoms with Gasteiger partial charge >= 0.3 is 30.0 Å². The predicted octanol–water partition coefficient (Wildman–Crippen LogP) is -1.75. The number of amides is 4. The van der Waals surface area contributed by atoms with Crippen LogP contribution < -0.4 is 36.4 Å². The van der Waals surface area contributed by atoms with Crippen LogP contribution in [0, 0.1) is 11.3 Å². The number of carbonyl (C=O) groups is 8. The molecular weight excluding hydrogens is 1390 g/mol. The van der Waals surface area contributed by atoms with Gasteiger partial charge in [-0.05, 0) is 81.3 Å². The lowest BCUT2D eigenvalue weighted by Gasteiger charge is -2.63. The Balaban J connectivity index is 0.770. The molecule has 18 atom stereocenters. The molecule has 2 bridgehead atoms. The first-order valence-corrected chi connectivity index (χ1v) is 36.6. The normalized spacial score (nSPS) is 31.4. The average Bonchev–Trinajstić information content (AvgIpc) is 1.50. The van der Waals surface area contributed by atoms with Crippen LogP contribution in [0.4, 0.5) is 10.5 Å². The van der Waals surface area contributed by atoms with Crippen molar-refractivity contribution in [3.05, 3.63) is 82.8 Å². The summed E-state index contributed by atoms with van der Waals surface area (Å²) in [6, 6.07) is 5.50. The number of nitrogens with one attached hydrogen (secondary N) is 6. The summed E-state index contributed by atoms with van der Waals surface area (Å²) in [6.45, 7) is 5.81. The number of aromatic amines is 1. The summed E-state index contributed by atoms with van der Waals surface area (Å²) in [6.07, 6.45) is -5.83. The number of esters is 1. The standard InChI is InChI=1S/C67H90N12O22S2/c1-7-63(95)28-34-29-66(61(93)98-6,51-37(14-18-77(30-34)33-63)36-12-9-10-13-40(36)69-51)39-25-38-44(27-45(39)97-5)76(4)58-65(38)16-19-78-17-11-15-64(8-2,57(65)78)59(91)67(58,96)60(92)73-74-62(94)100-22-23-102-103-32-43(54(87)88)71-53(86)42(70-52(85)41(68-3)26-46(80)81)24-35-31-79(75-72-35)20-21-99-56-49(84)47(82)48(83)50(101-56)55(89)90/h9-13,15,25,27,31,34,41-43,47-50,56-59,68-69,82-84,91,95-96H,7-8,14,16-24,26,28-30,32-33H2,1-6H3,(H,70,85)(H,71,86)(H,73,92)(H,74,94)(H,80,81)(H,87,88)(H,89,90)/t34-,41+,42+,43+,47+,48?,49+,50?,56?,57+,58-,59-,63+,64-,65-,66+,67+/m1/s1. The molecule has 4 unspecified atom stereocenters. The lowest BCUT2D eigenvalue weighted by Crippen LogP contribution is -2.82. The number of hydrazine groups is 1. The van der Waals surface area contributed by atoms with Gasteiger partial charge in [0.15, 0.2) is 18.0 Å². The fourth-order valence-electron chi connectivity index (χ4n) is 17.2. The van der Waals surface area contributed by atoms with E-state index in [-0.39, 0.29) is 55.7 Å². The molecular formula is C67H90N12O22S2. The number of carbonyl (C=O) groups excluding carboxylic acids is 5. The Hall–Kier alpha value is -7.72. The second kappa shape index (κ2) is 30.8. The smallest absolute Gasteiger partial charge is 0.426 e. The molecule has 562 valence electrons. The van der Waals surface area contributed by atoms with Crippen LogP contribution in [0.1, 0.15) is 80.5 Å². The van der Waals surface area contributed by atoms with Gasteiger partial charge in [-0.1, -0.05) is 71.0 Å². The van der Waals surface area contributed by atoms with Crippen LogP contribution in [-0.2, 0) is 82.7 Å². The molecule has 36 heteroatoms. The number of aliphatic hydroxyl groups is 6. The van der Waals surface area contributed by atoms with Crippen molar-refractivity contribution in [3.8, 4) is 5.75 Å². The summed E-state index contributed by atoms with van der Waals surface area (Å²) in [4.78, 5) is 117. The van der Waals surface area contributed by atoms with E-state index < -0.39 is 155 Å². The van der Waals surface area contributed by atoms with E-state index in [9.17, 15) is 74.7 Å². The number of carboxylic acids is 3. The van der Waals surface area contributed by atoms with Gasteiger partial charge in [0.2, 0.25) is 11.8 Å². The van der Waals surface area contributed by atoms with E-state index in [1.165, 1.54) is 32.1 Å². The van der Waals surface area contributed by atoms with Crippen LogP contribution in [-0.4, -0.2) is 287 Å². The van der Waals surface area contributed by atoms with Gasteiger partial charge in [-0.25, -0.2) is 24.5 Å². The molecule has 7 aliphatic rings. The maximum Gasteiger partial charge on any atom is 0.426 e. The minimum Gasteiger partial charge on any atom is -0.496 e. The Morgan fingerprint density at radius 2 is 1.61 bits per heavy atom. The molecule has 8 heterocycles. The third-order valence-electron chi connectivity index (χ3n) is 21.9.